The van der Waals surface area contributed by atoms with Crippen LogP contribution in [0.25, 0.3) is 0 Å². The Kier molecular flexibility index (Phi) is 4.98. The molecule has 2 fully saturated rings. The summed E-state index contributed by atoms with van der Waals surface area (Å²) in [6, 6.07) is -0.478. The van der Waals surface area contributed by atoms with E-state index in [0.29, 0.717) is 12.5 Å². The number of hydrogen-bond acceptors (Lipinski definition) is 3. The Balaban J connectivity index is 1.68. The van der Waals surface area contributed by atoms with Gasteiger partial charge in [-0.3, -0.25) is 14.5 Å². The summed E-state index contributed by atoms with van der Waals surface area (Å²) in [5.41, 5.74) is 0. The van der Waals surface area contributed by atoms with Gasteiger partial charge in [0.15, 0.2) is 0 Å². The first-order valence-electron chi connectivity index (χ1n) is 7.45. The molecule has 1 heterocycles. The molecule has 0 spiro atoms. The van der Waals surface area contributed by atoms with Crippen LogP contribution < -0.4 is 10.6 Å². The minimum absolute atomic E-state index is 0.00680. The molecule has 4 amide bonds. The third-order valence-electron chi connectivity index (χ3n) is 4.37. The predicted octanol–water partition coefficient (Wildman–Crippen LogP) is 0.871. The first kappa shape index (κ1) is 14.8. The summed E-state index contributed by atoms with van der Waals surface area (Å²) in [5, 5.41) is 5.24. The van der Waals surface area contributed by atoms with E-state index in [1.165, 1.54) is 19.3 Å². The number of nitrogens with zero attached hydrogens (tertiary/aromatic N) is 1. The normalized spacial score (nSPS) is 26.6. The zero-order chi connectivity index (χ0) is 14.5. The van der Waals surface area contributed by atoms with Crippen LogP contribution in [-0.4, -0.2) is 42.4 Å². The first-order chi connectivity index (χ1) is 9.60. The van der Waals surface area contributed by atoms with Crippen LogP contribution in [-0.2, 0) is 9.59 Å². The average molecular weight is 281 g/mol. The van der Waals surface area contributed by atoms with E-state index >= 15 is 0 Å². The topological polar surface area (TPSA) is 78.5 Å². The lowest BCUT2D eigenvalue weighted by molar-refractivity contribution is -0.130. The van der Waals surface area contributed by atoms with Crippen LogP contribution in [0, 0.1) is 11.8 Å². The monoisotopic (exact) mass is 281 g/mol. The summed E-state index contributed by atoms with van der Waals surface area (Å²) in [6.07, 6.45) is 6.03. The van der Waals surface area contributed by atoms with Crippen molar-refractivity contribution in [1.82, 2.24) is 15.5 Å². The fraction of sp³-hybridized carbons (Fsp3) is 0.786. The number of amides is 4. The molecule has 20 heavy (non-hydrogen) atoms. The highest BCUT2D eigenvalue weighted by molar-refractivity contribution is 6.04. The van der Waals surface area contributed by atoms with Gasteiger partial charge in [0.1, 0.15) is 6.54 Å². The number of nitrogens with one attached hydrogen (secondary N) is 2. The molecule has 2 rings (SSSR count). The van der Waals surface area contributed by atoms with Gasteiger partial charge in [-0.05, 0) is 24.7 Å². The zero-order valence-electron chi connectivity index (χ0n) is 12.0. The molecule has 0 aromatic rings. The number of hydrogen-bond donors (Lipinski definition) is 2. The maximum absolute atomic E-state index is 11.8. The Morgan fingerprint density at radius 2 is 1.90 bits per heavy atom. The van der Waals surface area contributed by atoms with Gasteiger partial charge >= 0.3 is 6.03 Å². The van der Waals surface area contributed by atoms with Crippen LogP contribution in [0.3, 0.4) is 0 Å². The fourth-order valence-electron chi connectivity index (χ4n) is 2.92. The summed E-state index contributed by atoms with van der Waals surface area (Å²) in [6.45, 7) is 2.70. The number of carbonyl (C=O) groups excluding carboxylic acids is 3. The van der Waals surface area contributed by atoms with Gasteiger partial charge in [-0.1, -0.05) is 26.2 Å². The lowest BCUT2D eigenvalue weighted by Crippen LogP contribution is -2.42. The second-order valence-electron chi connectivity index (χ2n) is 5.74. The SMILES string of the molecule is CCC1CCC(CNC(=O)CN2C(=O)CNC2=O)CC1. The highest BCUT2D eigenvalue weighted by atomic mass is 16.2. The summed E-state index contributed by atoms with van der Waals surface area (Å²) in [7, 11) is 0. The van der Waals surface area contributed by atoms with E-state index in [9.17, 15) is 14.4 Å². The summed E-state index contributed by atoms with van der Waals surface area (Å²) in [4.78, 5) is 35.4. The Hall–Kier alpha value is -1.59. The molecule has 2 N–H and O–H groups in total. The molecule has 0 radical (unpaired) electrons. The summed E-state index contributed by atoms with van der Waals surface area (Å²) in [5.74, 6) is 0.777. The van der Waals surface area contributed by atoms with E-state index in [1.807, 2.05) is 0 Å². The molecule has 1 aliphatic carbocycles. The Bertz CT molecular complexity index is 373. The molecule has 0 aromatic heterocycles. The van der Waals surface area contributed by atoms with Crippen molar-refractivity contribution in [3.8, 4) is 0 Å². The quantitative estimate of drug-likeness (QED) is 0.734. The smallest absolute Gasteiger partial charge is 0.325 e. The Morgan fingerprint density at radius 3 is 2.45 bits per heavy atom. The third-order valence-corrected chi connectivity index (χ3v) is 4.37. The van der Waals surface area contributed by atoms with Crippen LogP contribution in [0.2, 0.25) is 0 Å². The van der Waals surface area contributed by atoms with Crippen molar-refractivity contribution in [2.24, 2.45) is 11.8 Å². The van der Waals surface area contributed by atoms with Crippen molar-refractivity contribution in [3.63, 3.8) is 0 Å². The second kappa shape index (κ2) is 6.72. The van der Waals surface area contributed by atoms with Gasteiger partial charge in [-0.15, -0.1) is 0 Å². The van der Waals surface area contributed by atoms with Gasteiger partial charge in [0, 0.05) is 6.54 Å². The number of imide groups is 1. The zero-order valence-corrected chi connectivity index (χ0v) is 12.0. The van der Waals surface area contributed by atoms with Crippen molar-refractivity contribution in [2.75, 3.05) is 19.6 Å². The maximum atomic E-state index is 11.8. The van der Waals surface area contributed by atoms with Crippen LogP contribution >= 0.6 is 0 Å². The molecule has 112 valence electrons. The number of rotatable bonds is 5. The highest BCUT2D eigenvalue weighted by Crippen LogP contribution is 2.29. The molecule has 6 nitrogen and oxygen atoms in total. The van der Waals surface area contributed by atoms with Gasteiger partial charge in [0.25, 0.3) is 5.91 Å². The van der Waals surface area contributed by atoms with Crippen LogP contribution in [0.1, 0.15) is 39.0 Å². The van der Waals surface area contributed by atoms with E-state index in [4.69, 9.17) is 0 Å². The van der Waals surface area contributed by atoms with Gasteiger partial charge < -0.3 is 10.6 Å². The predicted molar refractivity (Wildman–Crippen MR) is 73.9 cm³/mol. The largest absolute Gasteiger partial charge is 0.354 e. The van der Waals surface area contributed by atoms with E-state index in [0.717, 1.165) is 23.7 Å². The van der Waals surface area contributed by atoms with Crippen LogP contribution in [0.4, 0.5) is 4.79 Å². The van der Waals surface area contributed by atoms with Crippen LogP contribution in [0.15, 0.2) is 0 Å². The molecular weight excluding hydrogens is 258 g/mol. The van der Waals surface area contributed by atoms with Crippen molar-refractivity contribution in [2.45, 2.75) is 39.0 Å². The third kappa shape index (κ3) is 3.71. The van der Waals surface area contributed by atoms with Crippen molar-refractivity contribution >= 4 is 17.8 Å². The molecule has 0 bridgehead atoms. The molecule has 0 unspecified atom stereocenters. The average Bonchev–Trinajstić information content (AvgIpc) is 2.77. The number of urea groups is 1. The molecule has 1 saturated heterocycles. The molecule has 0 aromatic carbocycles. The van der Waals surface area contributed by atoms with Gasteiger partial charge in [0.05, 0.1) is 6.54 Å². The van der Waals surface area contributed by atoms with E-state index < -0.39 is 6.03 Å². The van der Waals surface area contributed by atoms with Gasteiger partial charge in [-0.2, -0.15) is 0 Å². The minimum Gasteiger partial charge on any atom is -0.354 e. The number of carbonyl (C=O) groups is 3. The van der Waals surface area contributed by atoms with E-state index in [1.54, 1.807) is 0 Å². The van der Waals surface area contributed by atoms with Crippen molar-refractivity contribution < 1.29 is 14.4 Å². The molecule has 6 heteroatoms. The van der Waals surface area contributed by atoms with Gasteiger partial charge in [0.2, 0.25) is 5.91 Å². The van der Waals surface area contributed by atoms with Crippen molar-refractivity contribution in [3.05, 3.63) is 0 Å². The van der Waals surface area contributed by atoms with E-state index in [-0.39, 0.29) is 24.9 Å². The Labute approximate surface area is 119 Å². The summed E-state index contributed by atoms with van der Waals surface area (Å²) < 4.78 is 0. The molecular formula is C14H23N3O3. The van der Waals surface area contributed by atoms with Crippen LogP contribution in [0.5, 0.6) is 0 Å². The molecule has 2 aliphatic rings. The lowest BCUT2D eigenvalue weighted by atomic mass is 9.81. The van der Waals surface area contributed by atoms with Crippen molar-refractivity contribution in [1.29, 1.82) is 0 Å². The Morgan fingerprint density at radius 1 is 1.25 bits per heavy atom. The minimum atomic E-state index is -0.478. The first-order valence-corrected chi connectivity index (χ1v) is 7.45. The molecule has 1 aliphatic heterocycles. The van der Waals surface area contributed by atoms with E-state index in [2.05, 4.69) is 17.6 Å². The maximum Gasteiger partial charge on any atom is 0.325 e. The molecule has 1 saturated carbocycles. The second-order valence-corrected chi connectivity index (χ2v) is 5.74. The standard InChI is InChI=1S/C14H23N3O3/c1-2-10-3-5-11(6-4-10)7-15-12(18)9-17-13(19)8-16-14(17)20/h10-11H,2-9H2,1H3,(H,15,18)(H,16,20). The van der Waals surface area contributed by atoms with Gasteiger partial charge in [-0.25, -0.2) is 4.79 Å². The highest BCUT2D eigenvalue weighted by Gasteiger charge is 2.30. The lowest BCUT2D eigenvalue weighted by Gasteiger charge is -2.28. The molecule has 0 atom stereocenters. The summed E-state index contributed by atoms with van der Waals surface area (Å²) >= 11 is 0. The fourth-order valence-corrected chi connectivity index (χ4v) is 2.92.